The lowest BCUT2D eigenvalue weighted by Crippen LogP contribution is -2.67. The van der Waals surface area contributed by atoms with Crippen LogP contribution in [0.2, 0.25) is 5.02 Å². The maximum Gasteiger partial charge on any atom is 0.303 e. The molecule has 1 heterocycles. The van der Waals surface area contributed by atoms with Crippen molar-refractivity contribution in [1.82, 2.24) is 0 Å². The topological polar surface area (TPSA) is 133 Å². The van der Waals surface area contributed by atoms with Crippen molar-refractivity contribution in [3.05, 3.63) is 76.8 Å². The Morgan fingerprint density at radius 1 is 0.909 bits per heavy atom. The van der Waals surface area contributed by atoms with Crippen molar-refractivity contribution in [2.45, 2.75) is 71.2 Å². The Morgan fingerprint density at radius 3 is 2.11 bits per heavy atom. The maximum atomic E-state index is 12.5. The second-order valence-corrected chi connectivity index (χ2v) is 10.4. The lowest BCUT2D eigenvalue weighted by atomic mass is 9.86. The van der Waals surface area contributed by atoms with Gasteiger partial charge in [0.15, 0.2) is 12.2 Å². The van der Waals surface area contributed by atoms with Gasteiger partial charge in [0.05, 0.1) is 13.2 Å². The Kier molecular flexibility index (Phi) is 12.3. The zero-order valence-corrected chi connectivity index (χ0v) is 26.1. The Balaban J connectivity index is 2.22. The molecule has 5 atom stereocenters. The van der Waals surface area contributed by atoms with Crippen molar-refractivity contribution in [2.24, 2.45) is 0 Å². The minimum atomic E-state index is -1.97. The van der Waals surface area contributed by atoms with Crippen LogP contribution in [-0.4, -0.2) is 68.1 Å². The summed E-state index contributed by atoms with van der Waals surface area (Å²) < 4.78 is 40.4. The first-order valence-corrected chi connectivity index (χ1v) is 14.4. The highest BCUT2D eigenvalue weighted by Gasteiger charge is 2.62. The van der Waals surface area contributed by atoms with Crippen LogP contribution in [0.1, 0.15) is 51.3 Å². The summed E-state index contributed by atoms with van der Waals surface area (Å²) in [5, 5.41) is 0.437. The summed E-state index contributed by atoms with van der Waals surface area (Å²) in [6, 6.07) is 12.5. The number of carbonyl (C=O) groups excluding carboxylic acids is 4. The molecule has 0 spiro atoms. The van der Waals surface area contributed by atoms with E-state index in [4.69, 9.17) is 44.8 Å². The van der Waals surface area contributed by atoms with Crippen LogP contribution in [0, 0.1) is 0 Å². The third kappa shape index (κ3) is 8.81. The standard InChI is InChI=1S/C32H37ClO11/c1-7-15-40-32(25-11-14-27(33)24(17-25)16-23-9-12-26(13-10-23)38-8-2)31(43-22(6)37)30(42-21(5)36)29(41-20(4)35)28(44-32)18-39-19(3)34/h7,9-14,17,28-31H,1,8,15-16,18H2,2-6H3. The van der Waals surface area contributed by atoms with Gasteiger partial charge in [0, 0.05) is 38.3 Å². The molecule has 3 rings (SSSR count). The van der Waals surface area contributed by atoms with Crippen molar-refractivity contribution in [3.63, 3.8) is 0 Å². The number of rotatable bonds is 13. The highest BCUT2D eigenvalue weighted by molar-refractivity contribution is 6.31. The number of carbonyl (C=O) groups is 4. The van der Waals surface area contributed by atoms with Gasteiger partial charge < -0.3 is 33.2 Å². The molecular weight excluding hydrogens is 596 g/mol. The number of ether oxygens (including phenoxy) is 7. The fourth-order valence-corrected chi connectivity index (χ4v) is 5.08. The van der Waals surface area contributed by atoms with E-state index in [-0.39, 0.29) is 6.61 Å². The smallest absolute Gasteiger partial charge is 0.303 e. The molecule has 0 aliphatic carbocycles. The van der Waals surface area contributed by atoms with Crippen LogP contribution >= 0.6 is 11.6 Å². The molecule has 0 radical (unpaired) electrons. The molecule has 0 aromatic heterocycles. The molecule has 1 saturated heterocycles. The summed E-state index contributed by atoms with van der Waals surface area (Å²) in [4.78, 5) is 48.8. The molecule has 11 nitrogen and oxygen atoms in total. The Hall–Kier alpha value is -3.93. The van der Waals surface area contributed by atoms with Gasteiger partial charge in [-0.25, -0.2) is 0 Å². The van der Waals surface area contributed by atoms with E-state index in [1.54, 1.807) is 18.2 Å². The summed E-state index contributed by atoms with van der Waals surface area (Å²) in [5.74, 6) is -4.14. The summed E-state index contributed by atoms with van der Waals surface area (Å²) in [5.41, 5.74) is 1.93. The monoisotopic (exact) mass is 632 g/mol. The number of hydrogen-bond donors (Lipinski definition) is 0. The van der Waals surface area contributed by atoms with Crippen molar-refractivity contribution in [2.75, 3.05) is 19.8 Å². The molecule has 238 valence electrons. The van der Waals surface area contributed by atoms with E-state index in [0.717, 1.165) is 32.1 Å². The molecule has 2 aromatic rings. The fourth-order valence-electron chi connectivity index (χ4n) is 4.90. The van der Waals surface area contributed by atoms with Gasteiger partial charge in [0.25, 0.3) is 0 Å². The molecule has 0 bridgehead atoms. The molecule has 5 unspecified atom stereocenters. The van der Waals surface area contributed by atoms with Crippen LogP contribution in [0.25, 0.3) is 0 Å². The minimum absolute atomic E-state index is 0.111. The Labute approximate surface area is 261 Å². The van der Waals surface area contributed by atoms with Gasteiger partial charge in [-0.1, -0.05) is 35.9 Å². The second kappa shape index (κ2) is 15.7. The van der Waals surface area contributed by atoms with E-state index in [0.29, 0.717) is 29.2 Å². The lowest BCUT2D eigenvalue weighted by Gasteiger charge is -2.50. The van der Waals surface area contributed by atoms with Gasteiger partial charge in [0.2, 0.25) is 11.9 Å². The number of benzene rings is 2. The molecule has 12 heteroatoms. The van der Waals surface area contributed by atoms with E-state index in [1.165, 1.54) is 13.0 Å². The first kappa shape index (κ1) is 34.6. The van der Waals surface area contributed by atoms with Gasteiger partial charge >= 0.3 is 23.9 Å². The summed E-state index contributed by atoms with van der Waals surface area (Å²) >= 11 is 6.64. The first-order valence-electron chi connectivity index (χ1n) is 14.0. The van der Waals surface area contributed by atoms with Crippen molar-refractivity contribution in [1.29, 1.82) is 0 Å². The summed E-state index contributed by atoms with van der Waals surface area (Å²) in [6.07, 6.45) is -3.67. The van der Waals surface area contributed by atoms with Gasteiger partial charge in [0.1, 0.15) is 18.5 Å². The molecule has 0 N–H and O–H groups in total. The summed E-state index contributed by atoms with van der Waals surface area (Å²) in [7, 11) is 0. The van der Waals surface area contributed by atoms with Crippen LogP contribution in [0.5, 0.6) is 5.75 Å². The third-order valence-electron chi connectivity index (χ3n) is 6.53. The molecule has 1 aliphatic rings. The van der Waals surface area contributed by atoms with Crippen LogP contribution in [0.4, 0.5) is 0 Å². The molecule has 1 aliphatic heterocycles. The van der Waals surface area contributed by atoms with Crippen LogP contribution in [0.3, 0.4) is 0 Å². The first-order chi connectivity index (χ1) is 20.9. The van der Waals surface area contributed by atoms with E-state index in [1.807, 2.05) is 31.2 Å². The fraction of sp³-hybridized carbons (Fsp3) is 0.438. The Morgan fingerprint density at radius 2 is 1.55 bits per heavy atom. The highest BCUT2D eigenvalue weighted by Crippen LogP contribution is 2.44. The van der Waals surface area contributed by atoms with E-state index >= 15 is 0 Å². The zero-order valence-electron chi connectivity index (χ0n) is 25.3. The van der Waals surface area contributed by atoms with Gasteiger partial charge in [-0.2, -0.15) is 0 Å². The maximum absolute atomic E-state index is 12.5. The van der Waals surface area contributed by atoms with Crippen LogP contribution in [-0.2, 0) is 59.8 Å². The minimum Gasteiger partial charge on any atom is -0.494 e. The average molecular weight is 633 g/mol. The average Bonchev–Trinajstić information content (AvgIpc) is 2.95. The largest absolute Gasteiger partial charge is 0.494 e. The predicted molar refractivity (Wildman–Crippen MR) is 158 cm³/mol. The second-order valence-electron chi connectivity index (χ2n) is 9.96. The highest BCUT2D eigenvalue weighted by atomic mass is 35.5. The zero-order chi connectivity index (χ0) is 32.4. The number of halogens is 1. The van der Waals surface area contributed by atoms with Crippen LogP contribution < -0.4 is 4.74 Å². The van der Waals surface area contributed by atoms with Gasteiger partial charge in [-0.15, -0.1) is 6.58 Å². The van der Waals surface area contributed by atoms with Crippen molar-refractivity contribution >= 4 is 35.5 Å². The number of hydrogen-bond acceptors (Lipinski definition) is 11. The van der Waals surface area contributed by atoms with Gasteiger partial charge in [-0.05, 0) is 48.7 Å². The van der Waals surface area contributed by atoms with E-state index < -0.39 is 60.7 Å². The Bertz CT molecular complexity index is 1340. The van der Waals surface area contributed by atoms with Crippen LogP contribution in [0.15, 0.2) is 55.1 Å². The SMILES string of the molecule is C=CCOC1(c2ccc(Cl)c(Cc3ccc(OCC)cc3)c2)OC(COC(C)=O)C(OC(C)=O)C(OC(C)=O)C1OC(C)=O. The third-order valence-corrected chi connectivity index (χ3v) is 6.90. The molecule has 1 fully saturated rings. The van der Waals surface area contributed by atoms with E-state index in [2.05, 4.69) is 6.58 Å². The lowest BCUT2D eigenvalue weighted by molar-refractivity contribution is -0.372. The van der Waals surface area contributed by atoms with Crippen molar-refractivity contribution < 1.29 is 52.3 Å². The predicted octanol–water partition coefficient (Wildman–Crippen LogP) is 4.44. The normalized spacial score (nSPS) is 22.8. The molecular formula is C32H37ClO11. The quantitative estimate of drug-likeness (QED) is 0.176. The molecule has 0 amide bonds. The molecule has 44 heavy (non-hydrogen) atoms. The number of esters is 4. The summed E-state index contributed by atoms with van der Waals surface area (Å²) in [6.45, 7) is 10.3. The van der Waals surface area contributed by atoms with Crippen molar-refractivity contribution in [3.8, 4) is 5.75 Å². The van der Waals surface area contributed by atoms with Gasteiger partial charge in [-0.3, -0.25) is 19.2 Å². The van der Waals surface area contributed by atoms with E-state index in [9.17, 15) is 19.2 Å². The molecule has 2 aromatic carbocycles. The molecule has 0 saturated carbocycles.